The van der Waals surface area contributed by atoms with E-state index in [1.165, 1.54) is 28.6 Å². The van der Waals surface area contributed by atoms with E-state index in [0.29, 0.717) is 18.7 Å². The van der Waals surface area contributed by atoms with Crippen LogP contribution in [0.4, 0.5) is 0 Å². The summed E-state index contributed by atoms with van der Waals surface area (Å²) in [5.74, 6) is -0.456. The van der Waals surface area contributed by atoms with Crippen molar-refractivity contribution in [1.82, 2.24) is 14.5 Å². The van der Waals surface area contributed by atoms with Crippen LogP contribution in [-0.4, -0.2) is 61.7 Å². The van der Waals surface area contributed by atoms with Crippen LogP contribution in [0.3, 0.4) is 0 Å². The Hall–Kier alpha value is -1.93. The van der Waals surface area contributed by atoms with Crippen molar-refractivity contribution >= 4 is 21.8 Å². The van der Waals surface area contributed by atoms with Crippen molar-refractivity contribution in [2.45, 2.75) is 50.0 Å². The Morgan fingerprint density at radius 1 is 0.926 bits per heavy atom. The Balaban J connectivity index is 1.64. The molecule has 1 aromatic rings. The van der Waals surface area contributed by atoms with E-state index < -0.39 is 16.1 Å². The van der Waals surface area contributed by atoms with E-state index in [9.17, 15) is 18.0 Å². The fourth-order valence-corrected chi connectivity index (χ4v) is 5.10. The van der Waals surface area contributed by atoms with Gasteiger partial charge in [-0.15, -0.1) is 0 Å². The van der Waals surface area contributed by atoms with Gasteiger partial charge in [0, 0.05) is 31.7 Å². The molecule has 2 fully saturated rings. The van der Waals surface area contributed by atoms with Crippen LogP contribution in [0.1, 0.15) is 49.4 Å². The molecule has 0 radical (unpaired) electrons. The highest BCUT2D eigenvalue weighted by atomic mass is 32.2. The molecule has 0 aromatic heterocycles. The molecule has 1 atom stereocenters. The van der Waals surface area contributed by atoms with Gasteiger partial charge in [-0.2, -0.15) is 4.31 Å². The average Bonchev–Trinajstić information content (AvgIpc) is 3.23. The standard InChI is InChI=1S/C19H27N3O4S/c1-15(19(24)21-11-5-6-12-21)20-18(23)16-7-9-17(10-8-16)27(25,26)22-13-3-2-4-14-22/h7-10,15H,2-6,11-14H2,1H3,(H,20,23)/t15-/m1/s1. The van der Waals surface area contributed by atoms with E-state index in [4.69, 9.17) is 0 Å². The van der Waals surface area contributed by atoms with Gasteiger partial charge in [0.05, 0.1) is 4.90 Å². The van der Waals surface area contributed by atoms with Gasteiger partial charge in [-0.05, 0) is 56.9 Å². The Kier molecular flexibility index (Phi) is 6.16. The topological polar surface area (TPSA) is 86.8 Å². The summed E-state index contributed by atoms with van der Waals surface area (Å²) in [4.78, 5) is 26.7. The highest BCUT2D eigenvalue weighted by molar-refractivity contribution is 7.89. The van der Waals surface area contributed by atoms with Crippen molar-refractivity contribution < 1.29 is 18.0 Å². The molecule has 2 heterocycles. The molecule has 2 aliphatic rings. The molecule has 0 unspecified atom stereocenters. The zero-order chi connectivity index (χ0) is 19.4. The fourth-order valence-electron chi connectivity index (χ4n) is 3.59. The Labute approximate surface area is 160 Å². The number of amides is 2. The van der Waals surface area contributed by atoms with E-state index >= 15 is 0 Å². The molecule has 8 heteroatoms. The molecule has 27 heavy (non-hydrogen) atoms. The van der Waals surface area contributed by atoms with Gasteiger partial charge in [0.15, 0.2) is 0 Å². The highest BCUT2D eigenvalue weighted by Gasteiger charge is 2.27. The van der Waals surface area contributed by atoms with Crippen LogP contribution in [0.25, 0.3) is 0 Å². The highest BCUT2D eigenvalue weighted by Crippen LogP contribution is 2.21. The summed E-state index contributed by atoms with van der Waals surface area (Å²) in [6.45, 7) is 4.24. The molecule has 2 aliphatic heterocycles. The first-order valence-electron chi connectivity index (χ1n) is 9.59. The lowest BCUT2D eigenvalue weighted by Crippen LogP contribution is -2.45. The van der Waals surface area contributed by atoms with Gasteiger partial charge in [-0.1, -0.05) is 6.42 Å². The number of hydrogen-bond acceptors (Lipinski definition) is 4. The molecule has 1 N–H and O–H groups in total. The van der Waals surface area contributed by atoms with Crippen molar-refractivity contribution in [3.8, 4) is 0 Å². The zero-order valence-corrected chi connectivity index (χ0v) is 16.5. The Bertz CT molecular complexity index is 780. The molecule has 0 bridgehead atoms. The predicted molar refractivity (Wildman–Crippen MR) is 102 cm³/mol. The van der Waals surface area contributed by atoms with Gasteiger partial charge >= 0.3 is 0 Å². The average molecular weight is 394 g/mol. The van der Waals surface area contributed by atoms with Crippen LogP contribution >= 0.6 is 0 Å². The number of sulfonamides is 1. The number of rotatable bonds is 5. The van der Waals surface area contributed by atoms with Gasteiger partial charge in [0.2, 0.25) is 15.9 Å². The second-order valence-electron chi connectivity index (χ2n) is 7.22. The van der Waals surface area contributed by atoms with Crippen molar-refractivity contribution in [3.05, 3.63) is 29.8 Å². The van der Waals surface area contributed by atoms with E-state index in [2.05, 4.69) is 5.32 Å². The second-order valence-corrected chi connectivity index (χ2v) is 9.15. The molecule has 0 saturated carbocycles. The molecule has 3 rings (SSSR count). The molecule has 1 aromatic carbocycles. The van der Waals surface area contributed by atoms with Crippen LogP contribution in [0, 0.1) is 0 Å². The summed E-state index contributed by atoms with van der Waals surface area (Å²) in [6.07, 6.45) is 4.81. The minimum atomic E-state index is -3.51. The molecule has 148 valence electrons. The lowest BCUT2D eigenvalue weighted by Gasteiger charge is -2.25. The van der Waals surface area contributed by atoms with Crippen LogP contribution < -0.4 is 5.32 Å². The van der Waals surface area contributed by atoms with Crippen molar-refractivity contribution in [1.29, 1.82) is 0 Å². The zero-order valence-electron chi connectivity index (χ0n) is 15.7. The summed E-state index contributed by atoms with van der Waals surface area (Å²) < 4.78 is 26.8. The number of carbonyl (C=O) groups is 2. The van der Waals surface area contributed by atoms with Crippen LogP contribution in [-0.2, 0) is 14.8 Å². The monoisotopic (exact) mass is 393 g/mol. The van der Waals surface area contributed by atoms with Gasteiger partial charge in [-0.25, -0.2) is 8.42 Å². The number of likely N-dealkylation sites (tertiary alicyclic amines) is 1. The van der Waals surface area contributed by atoms with Crippen LogP contribution in [0.5, 0.6) is 0 Å². The predicted octanol–water partition coefficient (Wildman–Crippen LogP) is 1.60. The molecule has 2 amide bonds. The normalized spacial score (nSPS) is 19.7. The number of carbonyl (C=O) groups excluding carboxylic acids is 2. The third-order valence-electron chi connectivity index (χ3n) is 5.21. The minimum absolute atomic E-state index is 0.0786. The summed E-state index contributed by atoms with van der Waals surface area (Å²) in [5.41, 5.74) is 0.341. The maximum absolute atomic E-state index is 12.7. The summed E-state index contributed by atoms with van der Waals surface area (Å²) in [6, 6.07) is 5.32. The number of benzene rings is 1. The molecular weight excluding hydrogens is 366 g/mol. The summed E-state index contributed by atoms with van der Waals surface area (Å²) in [5, 5.41) is 2.70. The number of piperidine rings is 1. The third-order valence-corrected chi connectivity index (χ3v) is 7.12. The summed E-state index contributed by atoms with van der Waals surface area (Å²) >= 11 is 0. The first-order chi connectivity index (χ1) is 12.9. The SMILES string of the molecule is C[C@@H](NC(=O)c1ccc(S(=O)(=O)N2CCCCC2)cc1)C(=O)N1CCCC1. The molecule has 0 spiro atoms. The maximum Gasteiger partial charge on any atom is 0.251 e. The van der Waals surface area contributed by atoms with Crippen molar-refractivity contribution in [2.24, 2.45) is 0 Å². The minimum Gasteiger partial charge on any atom is -0.341 e. The first-order valence-corrected chi connectivity index (χ1v) is 11.0. The van der Waals surface area contributed by atoms with Gasteiger partial charge in [0.25, 0.3) is 5.91 Å². The van der Waals surface area contributed by atoms with Crippen molar-refractivity contribution in [3.63, 3.8) is 0 Å². The van der Waals surface area contributed by atoms with E-state index in [0.717, 1.165) is 45.2 Å². The second kappa shape index (κ2) is 8.39. The van der Waals surface area contributed by atoms with Gasteiger partial charge in [-0.3, -0.25) is 9.59 Å². The van der Waals surface area contributed by atoms with Crippen molar-refractivity contribution in [2.75, 3.05) is 26.2 Å². The summed E-state index contributed by atoms with van der Waals surface area (Å²) in [7, 11) is -3.51. The lowest BCUT2D eigenvalue weighted by molar-refractivity contribution is -0.131. The smallest absolute Gasteiger partial charge is 0.251 e. The largest absolute Gasteiger partial charge is 0.341 e. The van der Waals surface area contributed by atoms with Gasteiger partial charge < -0.3 is 10.2 Å². The third kappa shape index (κ3) is 4.50. The number of nitrogens with zero attached hydrogens (tertiary/aromatic N) is 2. The molecular formula is C19H27N3O4S. The maximum atomic E-state index is 12.7. The van der Waals surface area contributed by atoms with Crippen LogP contribution in [0.2, 0.25) is 0 Å². The van der Waals surface area contributed by atoms with Gasteiger partial charge in [0.1, 0.15) is 6.04 Å². The Morgan fingerprint density at radius 2 is 1.48 bits per heavy atom. The molecule has 0 aliphatic carbocycles. The Morgan fingerprint density at radius 3 is 2.07 bits per heavy atom. The molecule has 7 nitrogen and oxygen atoms in total. The fraction of sp³-hybridized carbons (Fsp3) is 0.579. The molecule has 2 saturated heterocycles. The number of hydrogen-bond donors (Lipinski definition) is 1. The van der Waals surface area contributed by atoms with E-state index in [-0.39, 0.29) is 16.7 Å². The van der Waals surface area contributed by atoms with E-state index in [1.807, 2.05) is 0 Å². The quantitative estimate of drug-likeness (QED) is 0.823. The lowest BCUT2D eigenvalue weighted by atomic mass is 10.2. The number of nitrogens with one attached hydrogen (secondary N) is 1. The van der Waals surface area contributed by atoms with Crippen LogP contribution in [0.15, 0.2) is 29.2 Å². The first kappa shape index (κ1) is 19.8. The van der Waals surface area contributed by atoms with E-state index in [1.54, 1.807) is 11.8 Å².